The smallest absolute Gasteiger partial charge is 0.225 e. The van der Waals surface area contributed by atoms with Crippen LogP contribution in [0.5, 0.6) is 0 Å². The van der Waals surface area contributed by atoms with E-state index < -0.39 is 0 Å². The molecule has 0 aromatic heterocycles. The fraction of sp³-hybridized carbons (Fsp3) is 0.923. The normalized spacial score (nSPS) is 25.4. The van der Waals surface area contributed by atoms with Gasteiger partial charge >= 0.3 is 0 Å². The summed E-state index contributed by atoms with van der Waals surface area (Å²) in [5.74, 6) is 0.846. The van der Waals surface area contributed by atoms with Crippen LogP contribution in [0.1, 0.15) is 33.1 Å². The van der Waals surface area contributed by atoms with Crippen molar-refractivity contribution in [2.24, 2.45) is 11.8 Å². The second-order valence-electron chi connectivity index (χ2n) is 5.35. The van der Waals surface area contributed by atoms with Gasteiger partial charge in [-0.25, -0.2) is 0 Å². The van der Waals surface area contributed by atoms with Gasteiger partial charge in [-0.1, -0.05) is 13.8 Å². The van der Waals surface area contributed by atoms with Gasteiger partial charge in [0.15, 0.2) is 0 Å². The topological polar surface area (TPSA) is 52.6 Å². The van der Waals surface area contributed by atoms with E-state index in [1.165, 1.54) is 0 Å². The number of likely N-dealkylation sites (N-methyl/N-ethyl adjacent to an activating group) is 1. The highest BCUT2D eigenvalue weighted by atomic mass is 16.2. The Balaban J connectivity index is 2.56. The molecule has 1 aliphatic rings. The molecule has 1 saturated heterocycles. The first-order chi connectivity index (χ1) is 8.08. The van der Waals surface area contributed by atoms with Crippen molar-refractivity contribution >= 4 is 5.91 Å². The van der Waals surface area contributed by atoms with E-state index >= 15 is 0 Å². The number of hydrogen-bond acceptors (Lipinski definition) is 3. The van der Waals surface area contributed by atoms with Crippen molar-refractivity contribution in [2.75, 3.05) is 26.7 Å². The molecule has 4 nitrogen and oxygen atoms in total. The summed E-state index contributed by atoms with van der Waals surface area (Å²) in [6.07, 6.45) is 2.96. The number of aliphatic hydroxyl groups excluding tert-OH is 1. The minimum Gasteiger partial charge on any atom is -0.396 e. The zero-order chi connectivity index (χ0) is 12.8. The number of nitrogens with zero attached hydrogens (tertiary/aromatic N) is 1. The molecule has 1 fully saturated rings. The van der Waals surface area contributed by atoms with E-state index in [-0.39, 0.29) is 18.4 Å². The average molecular weight is 242 g/mol. The van der Waals surface area contributed by atoms with Crippen LogP contribution in [0.25, 0.3) is 0 Å². The van der Waals surface area contributed by atoms with Gasteiger partial charge in [-0.3, -0.25) is 4.79 Å². The highest BCUT2D eigenvalue weighted by Gasteiger charge is 2.29. The Labute approximate surface area is 104 Å². The maximum absolute atomic E-state index is 12.0. The lowest BCUT2D eigenvalue weighted by Crippen LogP contribution is -2.51. The van der Waals surface area contributed by atoms with Crippen molar-refractivity contribution in [1.29, 1.82) is 0 Å². The zero-order valence-electron chi connectivity index (χ0n) is 11.3. The Morgan fingerprint density at radius 3 is 2.71 bits per heavy atom. The van der Waals surface area contributed by atoms with Crippen molar-refractivity contribution in [2.45, 2.75) is 39.2 Å². The van der Waals surface area contributed by atoms with E-state index in [1.54, 1.807) is 0 Å². The van der Waals surface area contributed by atoms with E-state index in [0.29, 0.717) is 12.0 Å². The molecule has 1 aliphatic heterocycles. The lowest BCUT2D eigenvalue weighted by atomic mass is 9.90. The van der Waals surface area contributed by atoms with Gasteiger partial charge in [-0.15, -0.1) is 0 Å². The molecule has 100 valence electrons. The molecular formula is C13H26N2O2. The predicted octanol–water partition coefficient (Wildman–Crippen LogP) is 0.851. The quantitative estimate of drug-likeness (QED) is 0.751. The highest BCUT2D eigenvalue weighted by molar-refractivity contribution is 5.78. The molecule has 1 heterocycles. The lowest BCUT2D eigenvalue weighted by molar-refractivity contribution is -0.136. The van der Waals surface area contributed by atoms with Crippen molar-refractivity contribution in [3.63, 3.8) is 0 Å². The standard InChI is InChI=1S/C13H26N2O2/c1-10(2)13(17)15-8-11(5-4-6-16)7-12(9-15)14-3/h10-12,14,16H,4-9H2,1-3H3. The van der Waals surface area contributed by atoms with Gasteiger partial charge in [0, 0.05) is 31.7 Å². The van der Waals surface area contributed by atoms with Gasteiger partial charge < -0.3 is 15.3 Å². The van der Waals surface area contributed by atoms with Crippen molar-refractivity contribution < 1.29 is 9.90 Å². The van der Waals surface area contributed by atoms with E-state index in [2.05, 4.69) is 5.32 Å². The van der Waals surface area contributed by atoms with Crippen molar-refractivity contribution in [3.05, 3.63) is 0 Å². The number of piperidine rings is 1. The molecule has 0 aromatic carbocycles. The number of likely N-dealkylation sites (tertiary alicyclic amines) is 1. The van der Waals surface area contributed by atoms with Gasteiger partial charge in [0.25, 0.3) is 0 Å². The first kappa shape index (κ1) is 14.5. The molecule has 0 spiro atoms. The molecule has 0 bridgehead atoms. The molecule has 1 rings (SSSR count). The summed E-state index contributed by atoms with van der Waals surface area (Å²) in [7, 11) is 1.96. The second kappa shape index (κ2) is 6.97. The molecule has 1 amide bonds. The molecule has 4 heteroatoms. The fourth-order valence-corrected chi connectivity index (χ4v) is 2.55. The largest absolute Gasteiger partial charge is 0.396 e. The van der Waals surface area contributed by atoms with Crippen LogP contribution >= 0.6 is 0 Å². The molecule has 17 heavy (non-hydrogen) atoms. The highest BCUT2D eigenvalue weighted by Crippen LogP contribution is 2.22. The number of carbonyl (C=O) groups is 1. The third kappa shape index (κ3) is 4.28. The summed E-state index contributed by atoms with van der Waals surface area (Å²) in [6.45, 7) is 5.83. The molecule has 2 atom stereocenters. The number of aliphatic hydroxyl groups is 1. The van der Waals surface area contributed by atoms with Crippen LogP contribution in [0, 0.1) is 11.8 Å². The Kier molecular flexibility index (Phi) is 5.92. The van der Waals surface area contributed by atoms with Crippen LogP contribution in [0.4, 0.5) is 0 Å². The third-order valence-corrected chi connectivity index (χ3v) is 3.52. The number of amides is 1. The number of rotatable bonds is 5. The minimum absolute atomic E-state index is 0.0732. The van der Waals surface area contributed by atoms with Gasteiger partial charge in [0.05, 0.1) is 0 Å². The van der Waals surface area contributed by atoms with Gasteiger partial charge in [0.2, 0.25) is 5.91 Å². The van der Waals surface area contributed by atoms with Crippen molar-refractivity contribution in [3.8, 4) is 0 Å². The van der Waals surface area contributed by atoms with Gasteiger partial charge in [-0.05, 0) is 32.2 Å². The van der Waals surface area contributed by atoms with Crippen LogP contribution in [0.3, 0.4) is 0 Å². The summed E-state index contributed by atoms with van der Waals surface area (Å²) < 4.78 is 0. The first-order valence-electron chi connectivity index (χ1n) is 6.65. The summed E-state index contributed by atoms with van der Waals surface area (Å²) in [6, 6.07) is 0.398. The monoisotopic (exact) mass is 242 g/mol. The Morgan fingerprint density at radius 2 is 2.18 bits per heavy atom. The number of carbonyl (C=O) groups excluding carboxylic acids is 1. The maximum atomic E-state index is 12.0. The summed E-state index contributed by atoms with van der Waals surface area (Å²) in [5, 5.41) is 12.2. The SMILES string of the molecule is CNC1CC(CCCO)CN(C(=O)C(C)C)C1. The maximum Gasteiger partial charge on any atom is 0.225 e. The average Bonchev–Trinajstić information content (AvgIpc) is 2.34. The van der Waals surface area contributed by atoms with E-state index in [0.717, 1.165) is 32.4 Å². The summed E-state index contributed by atoms with van der Waals surface area (Å²) in [4.78, 5) is 14.0. The lowest BCUT2D eigenvalue weighted by Gasteiger charge is -2.38. The Hall–Kier alpha value is -0.610. The van der Waals surface area contributed by atoms with Gasteiger partial charge in [0.1, 0.15) is 0 Å². The van der Waals surface area contributed by atoms with Crippen LogP contribution in [0.15, 0.2) is 0 Å². The van der Waals surface area contributed by atoms with Crippen LogP contribution < -0.4 is 5.32 Å². The minimum atomic E-state index is 0.0732. The number of nitrogens with one attached hydrogen (secondary N) is 1. The second-order valence-corrected chi connectivity index (χ2v) is 5.35. The first-order valence-corrected chi connectivity index (χ1v) is 6.65. The number of hydrogen-bond donors (Lipinski definition) is 2. The Bertz CT molecular complexity index is 244. The molecule has 2 unspecified atom stereocenters. The molecular weight excluding hydrogens is 216 g/mol. The molecule has 0 radical (unpaired) electrons. The third-order valence-electron chi connectivity index (χ3n) is 3.52. The molecule has 0 aliphatic carbocycles. The molecule has 2 N–H and O–H groups in total. The van der Waals surface area contributed by atoms with Crippen LogP contribution in [-0.2, 0) is 4.79 Å². The summed E-state index contributed by atoms with van der Waals surface area (Å²) >= 11 is 0. The van der Waals surface area contributed by atoms with Crippen molar-refractivity contribution in [1.82, 2.24) is 10.2 Å². The summed E-state index contributed by atoms with van der Waals surface area (Å²) in [5.41, 5.74) is 0. The van der Waals surface area contributed by atoms with Crippen LogP contribution in [-0.4, -0.2) is 48.7 Å². The molecule has 0 aromatic rings. The van der Waals surface area contributed by atoms with E-state index in [4.69, 9.17) is 5.11 Å². The van der Waals surface area contributed by atoms with Gasteiger partial charge in [-0.2, -0.15) is 0 Å². The van der Waals surface area contributed by atoms with Crippen LogP contribution in [0.2, 0.25) is 0 Å². The molecule has 0 saturated carbocycles. The van der Waals surface area contributed by atoms with E-state index in [9.17, 15) is 4.79 Å². The zero-order valence-corrected chi connectivity index (χ0v) is 11.3. The fourth-order valence-electron chi connectivity index (χ4n) is 2.55. The predicted molar refractivity (Wildman–Crippen MR) is 68.7 cm³/mol. The Morgan fingerprint density at radius 1 is 1.47 bits per heavy atom. The van der Waals surface area contributed by atoms with E-state index in [1.807, 2.05) is 25.8 Å².